The number of aromatic amines is 3. The fraction of sp³-hybridized carbons (Fsp3) is 0.152. The second-order valence-electron chi connectivity index (χ2n) is 14.8. The van der Waals surface area contributed by atoms with Crippen molar-refractivity contribution in [2.75, 3.05) is 47.4 Å². The highest BCUT2D eigenvalue weighted by Crippen LogP contribution is 2.31. The smallest absolute Gasteiger partial charge is 0.273 e. The minimum absolute atomic E-state index is 0.00923. The summed E-state index contributed by atoms with van der Waals surface area (Å²) >= 11 is 12.2. The number of nitrogens with zero attached hydrogens (tertiary/aromatic N) is 10. The Morgan fingerprint density at radius 1 is 0.520 bits per heavy atom. The van der Waals surface area contributed by atoms with E-state index >= 15 is 0 Å². The molecule has 0 saturated heterocycles. The van der Waals surface area contributed by atoms with E-state index in [1.807, 2.05) is 0 Å². The van der Waals surface area contributed by atoms with Gasteiger partial charge in [0, 0.05) is 29.3 Å². The number of aryl methyl sites for hydroxylation is 3. The number of aromatic hydroxyl groups is 2. The number of anilines is 4. The summed E-state index contributed by atoms with van der Waals surface area (Å²) in [7, 11) is 0. The lowest BCUT2D eigenvalue weighted by molar-refractivity contribution is 0.0993. The zero-order valence-corrected chi connectivity index (χ0v) is 43.4. The molecule has 0 bridgehead atoms. The summed E-state index contributed by atoms with van der Waals surface area (Å²) in [5.41, 5.74) is 0.697. The van der Waals surface area contributed by atoms with Crippen LogP contribution in [0.25, 0.3) is 0 Å². The van der Waals surface area contributed by atoms with E-state index in [1.165, 1.54) is 38.1 Å². The number of aromatic nitrogens is 13. The van der Waals surface area contributed by atoms with E-state index in [4.69, 9.17) is 11.6 Å². The predicted molar refractivity (Wildman–Crippen MR) is 281 cm³/mol. The molecule has 0 aliphatic rings. The van der Waals surface area contributed by atoms with Crippen molar-refractivity contribution >= 4 is 90.4 Å². The number of rotatable bonds is 16. The number of pyridine rings is 2. The molecule has 29 heteroatoms. The predicted octanol–water partition coefficient (Wildman–Crippen LogP) is 4.46. The lowest BCUT2D eigenvalue weighted by atomic mass is 10.1. The number of phenolic OH excluding ortho intramolecular Hbond substituents is 2. The monoisotopic (exact) mass is 1170 g/mol. The van der Waals surface area contributed by atoms with Crippen LogP contribution in [0.4, 0.5) is 23.8 Å². The first-order chi connectivity index (χ1) is 35.9. The molecular formula is C46H42Br2ClN17O9. The minimum Gasteiger partial charge on any atom is -0.507 e. The van der Waals surface area contributed by atoms with Crippen LogP contribution in [0.15, 0.2) is 121 Å². The Bertz CT molecular complexity index is 3450. The fourth-order valence-electron chi connectivity index (χ4n) is 5.39. The summed E-state index contributed by atoms with van der Waals surface area (Å²) in [6.07, 6.45) is 6.35. The number of para-hydroxylation sites is 1. The van der Waals surface area contributed by atoms with E-state index in [-0.39, 0.29) is 117 Å². The van der Waals surface area contributed by atoms with Crippen LogP contribution < -0.4 is 37.9 Å². The van der Waals surface area contributed by atoms with Gasteiger partial charge < -0.3 is 31.5 Å². The van der Waals surface area contributed by atoms with Gasteiger partial charge in [-0.1, -0.05) is 51.8 Å². The Kier molecular flexibility index (Phi) is 21.5. The molecule has 0 unspecified atom stereocenters. The van der Waals surface area contributed by atoms with Gasteiger partial charge in [0.1, 0.15) is 40.0 Å². The summed E-state index contributed by atoms with van der Waals surface area (Å²) in [4.78, 5) is 104. The number of benzene rings is 2. The van der Waals surface area contributed by atoms with E-state index in [2.05, 4.69) is 119 Å². The van der Waals surface area contributed by atoms with Crippen molar-refractivity contribution in [2.45, 2.75) is 20.8 Å². The van der Waals surface area contributed by atoms with Crippen molar-refractivity contribution in [1.82, 2.24) is 65.5 Å². The molecule has 8 aromatic rings. The number of halogens is 3. The van der Waals surface area contributed by atoms with Crippen LogP contribution >= 0.6 is 43.5 Å². The molecule has 2 aromatic carbocycles. The number of carbonyl (C=O) groups is 4. The van der Waals surface area contributed by atoms with Crippen molar-refractivity contribution in [3.63, 3.8) is 0 Å². The van der Waals surface area contributed by atoms with Gasteiger partial charge in [0.25, 0.3) is 16.7 Å². The number of hydrogen-bond donors (Lipinski definition) is 9. The number of Topliss-reactive ketones (excluding diaryl/α,β-unsaturated/α-hetero) is 4. The lowest BCUT2D eigenvalue weighted by Crippen LogP contribution is -2.21. The van der Waals surface area contributed by atoms with Gasteiger partial charge >= 0.3 is 0 Å². The van der Waals surface area contributed by atoms with E-state index in [0.29, 0.717) is 21.8 Å². The van der Waals surface area contributed by atoms with Crippen LogP contribution in [-0.2, 0) is 0 Å². The first kappa shape index (κ1) is 56.9. The highest BCUT2D eigenvalue weighted by molar-refractivity contribution is 9.10. The lowest BCUT2D eigenvalue weighted by Gasteiger charge is -2.07. The maximum atomic E-state index is 12.1. The molecule has 0 radical (unpaired) electrons. The number of nitrogens with one attached hydrogen (secondary N) is 7. The molecule has 0 aliphatic carbocycles. The quantitative estimate of drug-likeness (QED) is 0.0603. The summed E-state index contributed by atoms with van der Waals surface area (Å²) in [6, 6.07) is 19.4. The fourth-order valence-corrected chi connectivity index (χ4v) is 6.40. The normalized spacial score (nSPS) is 10.2. The Hall–Kier alpha value is -9.02. The molecule has 0 saturated carbocycles. The maximum Gasteiger partial charge on any atom is 0.273 e. The second-order valence-corrected chi connectivity index (χ2v) is 17.1. The van der Waals surface area contributed by atoms with Gasteiger partial charge in [0.15, 0.2) is 23.1 Å². The maximum absolute atomic E-state index is 12.1. The minimum atomic E-state index is -0.418. The van der Waals surface area contributed by atoms with E-state index in [1.54, 1.807) is 80.2 Å². The van der Waals surface area contributed by atoms with Gasteiger partial charge in [-0.25, -0.2) is 9.97 Å². The van der Waals surface area contributed by atoms with Gasteiger partial charge in [-0.2, -0.15) is 0 Å². The summed E-state index contributed by atoms with van der Waals surface area (Å²) in [6.45, 7) is 4.42. The molecule has 26 nitrogen and oxygen atoms in total. The highest BCUT2D eigenvalue weighted by Gasteiger charge is 2.16. The van der Waals surface area contributed by atoms with E-state index < -0.39 is 11.3 Å². The third-order valence-corrected chi connectivity index (χ3v) is 10.4. The number of ketones is 4. The molecule has 0 amide bonds. The van der Waals surface area contributed by atoms with Crippen molar-refractivity contribution in [1.29, 1.82) is 0 Å². The summed E-state index contributed by atoms with van der Waals surface area (Å²) in [5.74, 6) is -0.657. The molecule has 6 heterocycles. The molecule has 8 rings (SSSR count). The van der Waals surface area contributed by atoms with E-state index in [0.717, 1.165) is 4.47 Å². The largest absolute Gasteiger partial charge is 0.507 e. The SMILES string of the molecule is Cc1nnc(NCC(=O)c2cc(Br)cc(Cl)c2O)[nH]c1=O.Cc1nnc(NCC(=O)c2ccccc2O)[nH]c1=O.Cc1nnc(NCC(=O)c2ccccn2)[nH]c1=O.O=C(CNc1ncc(Br)cn1)c1ccccn1. The summed E-state index contributed by atoms with van der Waals surface area (Å²) < 4.78 is 1.36. The van der Waals surface area contributed by atoms with Crippen LogP contribution in [0.3, 0.4) is 0 Å². The molecule has 0 atom stereocenters. The molecule has 6 aromatic heterocycles. The molecule has 0 spiro atoms. The molecule has 9 N–H and O–H groups in total. The van der Waals surface area contributed by atoms with Crippen molar-refractivity contribution in [3.8, 4) is 11.5 Å². The van der Waals surface area contributed by atoms with Crippen LogP contribution in [0.5, 0.6) is 11.5 Å². The Labute approximate surface area is 445 Å². The van der Waals surface area contributed by atoms with Gasteiger partial charge in [-0.05, 0) is 85.2 Å². The third-order valence-electron chi connectivity index (χ3n) is 9.29. The second kappa shape index (κ2) is 28.3. The van der Waals surface area contributed by atoms with Crippen LogP contribution in [0.1, 0.15) is 58.8 Å². The van der Waals surface area contributed by atoms with Gasteiger partial charge in [0.05, 0.1) is 46.8 Å². The molecule has 386 valence electrons. The molecule has 0 fully saturated rings. The first-order valence-electron chi connectivity index (χ1n) is 21.5. The number of phenols is 2. The number of hydrogen-bond acceptors (Lipinski definition) is 23. The van der Waals surface area contributed by atoms with Gasteiger partial charge in [0.2, 0.25) is 23.8 Å². The Morgan fingerprint density at radius 2 is 0.933 bits per heavy atom. The highest BCUT2D eigenvalue weighted by atomic mass is 79.9. The zero-order valence-electron chi connectivity index (χ0n) is 39.4. The molecule has 0 aliphatic heterocycles. The zero-order chi connectivity index (χ0) is 54.4. The average Bonchev–Trinajstić information content (AvgIpc) is 3.41. The average molecular weight is 1170 g/mol. The number of carbonyl (C=O) groups excluding carboxylic acids is 4. The van der Waals surface area contributed by atoms with Crippen LogP contribution in [0.2, 0.25) is 5.02 Å². The van der Waals surface area contributed by atoms with Gasteiger partial charge in [-0.3, -0.25) is 58.5 Å². The molecule has 75 heavy (non-hydrogen) atoms. The van der Waals surface area contributed by atoms with Gasteiger partial charge in [-0.15, -0.1) is 30.6 Å². The van der Waals surface area contributed by atoms with Crippen molar-refractivity contribution in [2.24, 2.45) is 0 Å². The standard InChI is InChI=1S/C12H10BrClN4O3.C12H12N4O3.C11H9BrN4O.C11H11N5O2/c1-5-11(21)16-12(18-17-5)15-4-9(19)7-2-6(13)3-8(14)10(7)20;1-7-11(19)14-12(16-15-7)13-6-10(18)8-4-2-3-5-9(8)17;12-8-5-14-11(15-6-8)16-7-10(17)9-3-1-2-4-13-9;1-7-10(18)14-11(16-15-7)13-6-9(17)8-4-2-3-5-12-8/h2-3,20H,4H2,1H3,(H2,15,16,18,21);2-5,17H,6H2,1H3,(H2,13,14,16,19);1-6H,7H2,(H,14,15,16);2-5H,6H2,1H3,(H2,13,14,16,18). The van der Waals surface area contributed by atoms with Crippen molar-refractivity contribution < 1.29 is 29.4 Å². The summed E-state index contributed by atoms with van der Waals surface area (Å²) in [5, 5.41) is 52.2. The van der Waals surface area contributed by atoms with Crippen molar-refractivity contribution in [3.05, 3.63) is 182 Å². The van der Waals surface area contributed by atoms with Crippen LogP contribution in [-0.4, -0.2) is 125 Å². The Morgan fingerprint density at radius 3 is 1.36 bits per heavy atom. The topological polar surface area (TPSA) is 384 Å². The Balaban J connectivity index is 0.000000185. The van der Waals surface area contributed by atoms with E-state index in [9.17, 15) is 43.8 Å². The third kappa shape index (κ3) is 18.2. The van der Waals surface area contributed by atoms with Crippen LogP contribution in [0, 0.1) is 20.8 Å². The molecular weight excluding hydrogens is 1130 g/mol. The number of H-pyrrole nitrogens is 3. The first-order valence-corrected chi connectivity index (χ1v) is 23.5.